The molecule has 112 valence electrons. The van der Waals surface area contributed by atoms with Crippen molar-refractivity contribution >= 4 is 5.69 Å². The molecule has 0 aromatic heterocycles. The van der Waals surface area contributed by atoms with E-state index in [4.69, 9.17) is 15.2 Å². The van der Waals surface area contributed by atoms with Gasteiger partial charge in [0.1, 0.15) is 5.75 Å². The highest BCUT2D eigenvalue weighted by Gasteiger charge is 2.44. The van der Waals surface area contributed by atoms with Crippen LogP contribution in [0.4, 0.5) is 5.69 Å². The van der Waals surface area contributed by atoms with Gasteiger partial charge in [-0.05, 0) is 25.0 Å². The molecule has 0 aliphatic heterocycles. The first-order valence-electron chi connectivity index (χ1n) is 7.29. The molecule has 1 aliphatic carbocycles. The number of likely N-dealkylation sites (N-methyl/N-ethyl adjacent to an activating group) is 1. The monoisotopic (exact) mass is 278 g/mol. The Morgan fingerprint density at radius 1 is 1.30 bits per heavy atom. The van der Waals surface area contributed by atoms with Crippen LogP contribution >= 0.6 is 0 Å². The molecule has 1 aliphatic rings. The van der Waals surface area contributed by atoms with E-state index in [1.807, 2.05) is 18.2 Å². The van der Waals surface area contributed by atoms with Gasteiger partial charge in [0.15, 0.2) is 0 Å². The lowest BCUT2D eigenvalue weighted by molar-refractivity contribution is 0.00756. The van der Waals surface area contributed by atoms with Gasteiger partial charge in [0.05, 0.1) is 24.4 Å². The van der Waals surface area contributed by atoms with Gasteiger partial charge in [0.25, 0.3) is 0 Å². The molecule has 2 unspecified atom stereocenters. The van der Waals surface area contributed by atoms with Crippen LogP contribution in [0.3, 0.4) is 0 Å². The molecule has 4 nitrogen and oxygen atoms in total. The van der Waals surface area contributed by atoms with E-state index in [0.717, 1.165) is 24.3 Å². The van der Waals surface area contributed by atoms with Crippen molar-refractivity contribution in [1.29, 1.82) is 0 Å². The zero-order valence-corrected chi connectivity index (χ0v) is 12.8. The van der Waals surface area contributed by atoms with E-state index in [9.17, 15) is 0 Å². The van der Waals surface area contributed by atoms with Crippen molar-refractivity contribution in [3.63, 3.8) is 0 Å². The van der Waals surface area contributed by atoms with E-state index in [-0.39, 0.29) is 11.6 Å². The van der Waals surface area contributed by atoms with Crippen molar-refractivity contribution in [2.24, 2.45) is 5.73 Å². The second kappa shape index (κ2) is 6.46. The van der Waals surface area contributed by atoms with E-state index < -0.39 is 0 Å². The number of anilines is 1. The minimum Gasteiger partial charge on any atom is -0.495 e. The number of hydrogen-bond donors (Lipinski definition) is 1. The van der Waals surface area contributed by atoms with E-state index in [1.54, 1.807) is 14.2 Å². The number of nitrogens with zero attached hydrogens (tertiary/aromatic N) is 1. The van der Waals surface area contributed by atoms with Crippen molar-refractivity contribution in [2.45, 2.75) is 37.3 Å². The highest BCUT2D eigenvalue weighted by atomic mass is 16.5. The molecule has 1 saturated carbocycles. The Labute approximate surface area is 121 Å². The van der Waals surface area contributed by atoms with Crippen LogP contribution in [0.15, 0.2) is 24.3 Å². The van der Waals surface area contributed by atoms with Gasteiger partial charge < -0.3 is 20.1 Å². The van der Waals surface area contributed by atoms with E-state index >= 15 is 0 Å². The summed E-state index contributed by atoms with van der Waals surface area (Å²) in [7, 11) is 5.59. The fourth-order valence-corrected chi connectivity index (χ4v) is 3.43. The number of methoxy groups -OCH3 is 2. The minimum atomic E-state index is -0.151. The summed E-state index contributed by atoms with van der Waals surface area (Å²) < 4.78 is 11.2. The molecule has 2 N–H and O–H groups in total. The van der Waals surface area contributed by atoms with Crippen molar-refractivity contribution in [1.82, 2.24) is 0 Å². The number of rotatable bonds is 5. The first kappa shape index (κ1) is 15.1. The van der Waals surface area contributed by atoms with Gasteiger partial charge in [-0.25, -0.2) is 0 Å². The molecule has 2 atom stereocenters. The van der Waals surface area contributed by atoms with E-state index in [1.165, 1.54) is 12.8 Å². The standard InChI is InChI=1S/C16H26N2O2/c1-18(13-8-4-5-9-14(13)19-2)16(12-17)11-7-6-10-15(16)20-3/h4-5,8-9,15H,6-7,10-12,17H2,1-3H3. The quantitative estimate of drug-likeness (QED) is 0.898. The first-order chi connectivity index (χ1) is 9.69. The summed E-state index contributed by atoms with van der Waals surface area (Å²) in [6.07, 6.45) is 4.68. The van der Waals surface area contributed by atoms with Crippen LogP contribution in [0.25, 0.3) is 0 Å². The van der Waals surface area contributed by atoms with Gasteiger partial charge >= 0.3 is 0 Å². The van der Waals surface area contributed by atoms with Crippen LogP contribution in [0.1, 0.15) is 25.7 Å². The van der Waals surface area contributed by atoms with Gasteiger partial charge in [-0.2, -0.15) is 0 Å². The lowest BCUT2D eigenvalue weighted by Gasteiger charge is -2.50. The molecule has 0 amide bonds. The highest BCUT2D eigenvalue weighted by Crippen LogP contribution is 2.39. The molecule has 4 heteroatoms. The van der Waals surface area contributed by atoms with Crippen molar-refractivity contribution < 1.29 is 9.47 Å². The van der Waals surface area contributed by atoms with Crippen LogP contribution in [0, 0.1) is 0 Å². The van der Waals surface area contributed by atoms with Crippen LogP contribution < -0.4 is 15.4 Å². The smallest absolute Gasteiger partial charge is 0.142 e. The van der Waals surface area contributed by atoms with Gasteiger partial charge in [-0.1, -0.05) is 25.0 Å². The highest BCUT2D eigenvalue weighted by molar-refractivity contribution is 5.60. The third-order valence-corrected chi connectivity index (χ3v) is 4.68. The fourth-order valence-electron chi connectivity index (χ4n) is 3.43. The first-order valence-corrected chi connectivity index (χ1v) is 7.29. The summed E-state index contributed by atoms with van der Waals surface area (Å²) in [6, 6.07) is 8.08. The molecular weight excluding hydrogens is 252 g/mol. The molecule has 2 rings (SSSR count). The minimum absolute atomic E-state index is 0.151. The van der Waals surface area contributed by atoms with Crippen LogP contribution in [-0.2, 0) is 4.74 Å². The van der Waals surface area contributed by atoms with Gasteiger partial charge in [-0.3, -0.25) is 0 Å². The van der Waals surface area contributed by atoms with Crippen LogP contribution in [0.5, 0.6) is 5.75 Å². The van der Waals surface area contributed by atoms with Gasteiger partial charge in [0.2, 0.25) is 0 Å². The van der Waals surface area contributed by atoms with Gasteiger partial charge in [0, 0.05) is 20.7 Å². The number of ether oxygens (including phenoxy) is 2. The van der Waals surface area contributed by atoms with Crippen molar-refractivity contribution in [2.75, 3.05) is 32.7 Å². The lowest BCUT2D eigenvalue weighted by Crippen LogP contribution is -2.62. The van der Waals surface area contributed by atoms with E-state index in [2.05, 4.69) is 18.0 Å². The Balaban J connectivity index is 2.39. The Hall–Kier alpha value is -1.26. The maximum Gasteiger partial charge on any atom is 0.142 e. The second-order valence-corrected chi connectivity index (χ2v) is 5.51. The summed E-state index contributed by atoms with van der Waals surface area (Å²) in [5.74, 6) is 0.878. The maximum atomic E-state index is 6.17. The summed E-state index contributed by atoms with van der Waals surface area (Å²) in [6.45, 7) is 0.583. The molecular formula is C16H26N2O2. The van der Waals surface area contributed by atoms with Gasteiger partial charge in [-0.15, -0.1) is 0 Å². The maximum absolute atomic E-state index is 6.17. The molecule has 20 heavy (non-hydrogen) atoms. The molecule has 0 spiro atoms. The van der Waals surface area contributed by atoms with Crippen LogP contribution in [0.2, 0.25) is 0 Å². The number of nitrogens with two attached hydrogens (primary N) is 1. The van der Waals surface area contributed by atoms with E-state index in [0.29, 0.717) is 6.54 Å². The molecule has 0 saturated heterocycles. The average Bonchev–Trinajstić information content (AvgIpc) is 2.53. The molecule has 0 heterocycles. The lowest BCUT2D eigenvalue weighted by atomic mass is 9.77. The predicted molar refractivity (Wildman–Crippen MR) is 82.4 cm³/mol. The Bertz CT molecular complexity index is 438. The fraction of sp³-hybridized carbons (Fsp3) is 0.625. The summed E-state index contributed by atoms with van der Waals surface area (Å²) in [5, 5.41) is 0. The Morgan fingerprint density at radius 2 is 2.05 bits per heavy atom. The molecule has 1 aromatic rings. The summed E-state index contributed by atoms with van der Waals surface area (Å²) in [4.78, 5) is 2.26. The number of para-hydroxylation sites is 2. The zero-order valence-electron chi connectivity index (χ0n) is 12.8. The molecule has 1 fully saturated rings. The Kier molecular flexibility index (Phi) is 4.89. The predicted octanol–water partition coefficient (Wildman–Crippen LogP) is 2.42. The van der Waals surface area contributed by atoms with Crippen molar-refractivity contribution in [3.8, 4) is 5.75 Å². The zero-order chi connectivity index (χ0) is 14.6. The topological polar surface area (TPSA) is 47.7 Å². The molecule has 0 bridgehead atoms. The third-order valence-electron chi connectivity index (χ3n) is 4.68. The largest absolute Gasteiger partial charge is 0.495 e. The SMILES string of the molecule is COc1ccccc1N(C)C1(CN)CCCCC1OC. The average molecular weight is 278 g/mol. The number of benzene rings is 1. The Morgan fingerprint density at radius 3 is 2.70 bits per heavy atom. The summed E-state index contributed by atoms with van der Waals surface area (Å²) in [5.41, 5.74) is 7.09. The summed E-state index contributed by atoms with van der Waals surface area (Å²) >= 11 is 0. The third kappa shape index (κ3) is 2.50. The normalized spacial score (nSPS) is 26.3. The second-order valence-electron chi connectivity index (χ2n) is 5.51. The van der Waals surface area contributed by atoms with Crippen LogP contribution in [-0.4, -0.2) is 39.5 Å². The molecule has 1 aromatic carbocycles. The number of hydrogen-bond acceptors (Lipinski definition) is 4. The van der Waals surface area contributed by atoms with Crippen molar-refractivity contribution in [3.05, 3.63) is 24.3 Å². The molecule has 0 radical (unpaired) electrons.